The first kappa shape index (κ1) is 36.5. The number of nitriles is 1. The molecule has 0 aliphatic rings. The molecule has 12 nitrogen and oxygen atoms in total. The lowest BCUT2D eigenvalue weighted by atomic mass is 10.1. The maximum Gasteiger partial charge on any atom is 0.306 e. The zero-order valence-electron chi connectivity index (χ0n) is 25.9. The molecular formula is C31H41N5O7S. The lowest BCUT2D eigenvalue weighted by Crippen LogP contribution is -2.27. The van der Waals surface area contributed by atoms with E-state index >= 15 is 0 Å². The van der Waals surface area contributed by atoms with E-state index in [1.165, 1.54) is 18.3 Å². The number of carbonyl (C=O) groups excluding carboxylic acids is 2. The summed E-state index contributed by atoms with van der Waals surface area (Å²) in [5.41, 5.74) is 3.73. The first-order chi connectivity index (χ1) is 21.3. The van der Waals surface area contributed by atoms with Crippen LogP contribution >= 0.6 is 11.3 Å². The Kier molecular flexibility index (Phi) is 17.5. The fourth-order valence-corrected chi connectivity index (χ4v) is 4.68. The van der Waals surface area contributed by atoms with Crippen LogP contribution in [0.15, 0.2) is 28.4 Å². The van der Waals surface area contributed by atoms with Crippen LogP contribution in [0.1, 0.15) is 42.7 Å². The summed E-state index contributed by atoms with van der Waals surface area (Å²) in [6, 6.07) is 8.05. The first-order valence-electron chi connectivity index (χ1n) is 14.4. The third-order valence-electron chi connectivity index (χ3n) is 6.28. The maximum atomic E-state index is 11.4. The van der Waals surface area contributed by atoms with Gasteiger partial charge in [0.25, 0.3) is 0 Å². The van der Waals surface area contributed by atoms with Gasteiger partial charge in [0.05, 0.1) is 76.4 Å². The van der Waals surface area contributed by atoms with Gasteiger partial charge in [-0.05, 0) is 57.0 Å². The minimum Gasteiger partial charge on any atom is -0.463 e. The molecule has 0 fully saturated rings. The Balaban J connectivity index is 1.56. The fraction of sp³-hybridized carbons (Fsp3) is 0.548. The SMILES string of the molecule is [C-]#[N+]c1c(N=Nc2ccc(N(CC)CCOCCOCCOCCOCCOC(=O)CCC(C)=O)cc2C)sc(C#N)c1C. The molecule has 13 heteroatoms. The zero-order valence-corrected chi connectivity index (χ0v) is 26.7. The Morgan fingerprint density at radius 3 is 2.11 bits per heavy atom. The first-order valence-corrected chi connectivity index (χ1v) is 15.3. The number of hydrogen-bond acceptors (Lipinski definition) is 12. The van der Waals surface area contributed by atoms with E-state index in [9.17, 15) is 14.9 Å². The lowest BCUT2D eigenvalue weighted by Gasteiger charge is -2.23. The van der Waals surface area contributed by atoms with E-state index in [1.54, 1.807) is 6.92 Å². The van der Waals surface area contributed by atoms with Crippen LogP contribution in [0, 0.1) is 31.8 Å². The van der Waals surface area contributed by atoms with Crippen molar-refractivity contribution >= 4 is 45.2 Å². The summed E-state index contributed by atoms with van der Waals surface area (Å²) in [4.78, 5) is 28.4. The number of rotatable bonds is 22. The molecule has 0 aliphatic carbocycles. The normalized spacial score (nSPS) is 11.0. The molecule has 0 unspecified atom stereocenters. The summed E-state index contributed by atoms with van der Waals surface area (Å²) in [5, 5.41) is 18.3. The molecule has 0 amide bonds. The number of esters is 1. The van der Waals surface area contributed by atoms with Gasteiger partial charge in [-0.2, -0.15) is 15.5 Å². The Morgan fingerprint density at radius 1 is 0.955 bits per heavy atom. The predicted molar refractivity (Wildman–Crippen MR) is 167 cm³/mol. The number of ether oxygens (including phenoxy) is 5. The average Bonchev–Trinajstić information content (AvgIpc) is 3.33. The number of carbonyl (C=O) groups is 2. The van der Waals surface area contributed by atoms with Crippen LogP contribution in [0.3, 0.4) is 0 Å². The average molecular weight is 628 g/mol. The second kappa shape index (κ2) is 21.1. The van der Waals surface area contributed by atoms with Gasteiger partial charge in [0.1, 0.15) is 23.5 Å². The number of ketones is 1. The summed E-state index contributed by atoms with van der Waals surface area (Å²) in [5.74, 6) is -0.437. The highest BCUT2D eigenvalue weighted by atomic mass is 32.1. The summed E-state index contributed by atoms with van der Waals surface area (Å²) in [6.07, 6.45) is 0.296. The molecule has 44 heavy (non-hydrogen) atoms. The number of nitrogens with zero attached hydrogens (tertiary/aromatic N) is 5. The lowest BCUT2D eigenvalue weighted by molar-refractivity contribution is -0.146. The van der Waals surface area contributed by atoms with Gasteiger partial charge in [-0.1, -0.05) is 0 Å². The standard InChI is InChI=1S/C31H41N5O7S/c1-6-36(26-8-9-27(23(2)21-26)34-35-31-30(33-5)25(4)28(22-32)44-31)11-12-39-13-14-40-15-16-41-17-18-42-19-20-43-29(38)10-7-24(3)37/h8-9,21H,6-7,10-20H2,1-4H3. The number of hydrogen-bond donors (Lipinski definition) is 0. The van der Waals surface area contributed by atoms with Crippen molar-refractivity contribution in [3.8, 4) is 6.07 Å². The Morgan fingerprint density at radius 2 is 1.57 bits per heavy atom. The third kappa shape index (κ3) is 13.3. The molecule has 1 heterocycles. The van der Waals surface area contributed by atoms with E-state index in [-0.39, 0.29) is 31.8 Å². The number of anilines is 1. The molecule has 238 valence electrons. The molecule has 2 aromatic rings. The van der Waals surface area contributed by atoms with Crippen LogP contribution in [-0.4, -0.2) is 84.3 Å². The summed E-state index contributed by atoms with van der Waals surface area (Å²) in [7, 11) is 0. The highest BCUT2D eigenvalue weighted by Gasteiger charge is 2.15. The maximum absolute atomic E-state index is 11.4. The molecule has 0 aliphatic heterocycles. The van der Waals surface area contributed by atoms with Crippen molar-refractivity contribution in [2.45, 2.75) is 40.5 Å². The molecule has 0 radical (unpaired) electrons. The zero-order chi connectivity index (χ0) is 32.2. The topological polar surface area (TPSA) is 136 Å². The van der Waals surface area contributed by atoms with Gasteiger partial charge in [-0.15, -0.1) is 11.3 Å². The third-order valence-corrected chi connectivity index (χ3v) is 7.35. The van der Waals surface area contributed by atoms with E-state index < -0.39 is 5.97 Å². The van der Waals surface area contributed by atoms with Crippen LogP contribution in [0.25, 0.3) is 4.85 Å². The van der Waals surface area contributed by atoms with E-state index in [0.717, 1.165) is 24.3 Å². The quantitative estimate of drug-likeness (QED) is 0.0665. The van der Waals surface area contributed by atoms with E-state index in [2.05, 4.69) is 39.0 Å². The van der Waals surface area contributed by atoms with E-state index in [0.29, 0.717) is 73.1 Å². The molecule has 2 rings (SSSR count). The monoisotopic (exact) mass is 627 g/mol. The molecule has 0 saturated carbocycles. The molecule has 0 atom stereocenters. The highest BCUT2D eigenvalue weighted by Crippen LogP contribution is 2.42. The molecule has 0 N–H and O–H groups in total. The Labute approximate surface area is 263 Å². The number of azo groups is 1. The van der Waals surface area contributed by atoms with Crippen molar-refractivity contribution in [1.29, 1.82) is 5.26 Å². The molecule has 0 saturated heterocycles. The largest absolute Gasteiger partial charge is 0.463 e. The van der Waals surface area contributed by atoms with Crippen LogP contribution in [0.2, 0.25) is 0 Å². The van der Waals surface area contributed by atoms with Crippen molar-refractivity contribution in [2.24, 2.45) is 10.2 Å². The van der Waals surface area contributed by atoms with Gasteiger partial charge < -0.3 is 33.4 Å². The van der Waals surface area contributed by atoms with Gasteiger partial charge in [0.15, 0.2) is 0 Å². The number of Topliss-reactive ketones (excluding diaryl/α,β-unsaturated/α-hetero) is 1. The molecule has 1 aromatic carbocycles. The van der Waals surface area contributed by atoms with Gasteiger partial charge >= 0.3 is 5.97 Å². The van der Waals surface area contributed by atoms with E-state index in [1.807, 2.05) is 19.1 Å². The van der Waals surface area contributed by atoms with Crippen LogP contribution in [0.4, 0.5) is 22.1 Å². The van der Waals surface area contributed by atoms with Gasteiger partial charge in [-0.25, -0.2) is 4.85 Å². The Hall–Kier alpha value is -3.72. The van der Waals surface area contributed by atoms with Crippen molar-refractivity contribution in [3.05, 3.63) is 45.6 Å². The van der Waals surface area contributed by atoms with Crippen molar-refractivity contribution < 1.29 is 33.3 Å². The summed E-state index contributed by atoms with van der Waals surface area (Å²) >= 11 is 1.18. The predicted octanol–water partition coefficient (Wildman–Crippen LogP) is 6.01. The number of aryl methyl sites for hydroxylation is 1. The Bertz CT molecular complexity index is 1320. The second-order valence-corrected chi connectivity index (χ2v) is 10.6. The van der Waals surface area contributed by atoms with Gasteiger partial charge in [-0.3, -0.25) is 4.79 Å². The van der Waals surface area contributed by atoms with Crippen molar-refractivity contribution in [3.63, 3.8) is 0 Å². The van der Waals surface area contributed by atoms with E-state index in [4.69, 9.17) is 30.3 Å². The van der Waals surface area contributed by atoms with Crippen molar-refractivity contribution in [2.75, 3.05) is 77.5 Å². The van der Waals surface area contributed by atoms with Gasteiger partial charge in [0.2, 0.25) is 5.69 Å². The second-order valence-electron chi connectivity index (χ2n) is 9.56. The number of likely N-dealkylation sites (N-methyl/N-ethyl adjacent to an activating group) is 1. The molecule has 0 spiro atoms. The van der Waals surface area contributed by atoms with Crippen molar-refractivity contribution in [1.82, 2.24) is 0 Å². The van der Waals surface area contributed by atoms with Crippen LogP contribution < -0.4 is 4.90 Å². The summed E-state index contributed by atoms with van der Waals surface area (Å²) in [6.45, 7) is 19.8. The van der Waals surface area contributed by atoms with Crippen LogP contribution in [0.5, 0.6) is 0 Å². The van der Waals surface area contributed by atoms with Gasteiger partial charge in [0, 0.05) is 25.2 Å². The molecule has 1 aromatic heterocycles. The number of benzene rings is 1. The summed E-state index contributed by atoms with van der Waals surface area (Å²) < 4.78 is 27.0. The van der Waals surface area contributed by atoms with Crippen LogP contribution in [-0.2, 0) is 33.3 Å². The smallest absolute Gasteiger partial charge is 0.306 e. The molecule has 0 bridgehead atoms. The minimum absolute atomic E-state index is 0.0389. The highest BCUT2D eigenvalue weighted by molar-refractivity contribution is 7.17. The number of thiophene rings is 1. The fourth-order valence-electron chi connectivity index (χ4n) is 3.81. The minimum atomic E-state index is -0.398. The molecular weight excluding hydrogens is 586 g/mol.